The highest BCUT2D eigenvalue weighted by Gasteiger charge is 2.18. The summed E-state index contributed by atoms with van der Waals surface area (Å²) in [5.74, 6) is 1.63. The van der Waals surface area contributed by atoms with Gasteiger partial charge < -0.3 is 19.3 Å². The Bertz CT molecular complexity index is 876. The Morgan fingerprint density at radius 1 is 0.935 bits per heavy atom. The van der Waals surface area contributed by atoms with Crippen LogP contribution in [0.4, 0.5) is 0 Å². The highest BCUT2D eigenvalue weighted by Crippen LogP contribution is 2.29. The van der Waals surface area contributed by atoms with Crippen LogP contribution in [0, 0.1) is 5.92 Å². The van der Waals surface area contributed by atoms with Crippen molar-refractivity contribution in [3.8, 4) is 11.5 Å². The van der Waals surface area contributed by atoms with Crippen LogP contribution in [0.2, 0.25) is 0 Å². The molecule has 0 aliphatic carbocycles. The third kappa shape index (κ3) is 6.74. The fraction of sp³-hybridized carbons (Fsp3) is 0.440. The predicted molar refractivity (Wildman–Crippen MR) is 123 cm³/mol. The van der Waals surface area contributed by atoms with Crippen LogP contribution in [0.3, 0.4) is 0 Å². The first-order valence-electron chi connectivity index (χ1n) is 10.7. The topological polar surface area (TPSA) is 59.1 Å². The second-order valence-corrected chi connectivity index (χ2v) is 8.11. The molecule has 0 unspecified atom stereocenters. The van der Waals surface area contributed by atoms with E-state index in [2.05, 4.69) is 13.8 Å². The molecule has 2 aromatic carbocycles. The van der Waals surface area contributed by atoms with E-state index in [1.807, 2.05) is 19.1 Å². The van der Waals surface area contributed by atoms with Gasteiger partial charge in [-0.25, -0.2) is 0 Å². The van der Waals surface area contributed by atoms with Gasteiger partial charge in [0.15, 0.2) is 11.5 Å². The van der Waals surface area contributed by atoms with Crippen molar-refractivity contribution < 1.29 is 19.1 Å². The lowest BCUT2D eigenvalue weighted by Gasteiger charge is -2.22. The number of amides is 2. The molecule has 6 heteroatoms. The van der Waals surface area contributed by atoms with Gasteiger partial charge in [0.1, 0.15) is 0 Å². The Morgan fingerprint density at radius 3 is 2.13 bits per heavy atom. The molecule has 2 amide bonds. The third-order valence-electron chi connectivity index (χ3n) is 5.01. The van der Waals surface area contributed by atoms with E-state index in [4.69, 9.17) is 9.47 Å². The van der Waals surface area contributed by atoms with Crippen molar-refractivity contribution in [3.63, 3.8) is 0 Å². The van der Waals surface area contributed by atoms with E-state index in [9.17, 15) is 9.59 Å². The molecule has 168 valence electrons. The molecule has 0 aromatic heterocycles. The number of nitrogens with zero attached hydrogens (tertiary/aromatic N) is 2. The number of rotatable bonds is 10. The average Bonchev–Trinajstić information content (AvgIpc) is 2.76. The number of hydrogen-bond acceptors (Lipinski definition) is 4. The number of carbonyl (C=O) groups is 2. The number of ether oxygens (including phenoxy) is 2. The Kier molecular flexibility index (Phi) is 8.91. The second-order valence-electron chi connectivity index (χ2n) is 8.11. The average molecular weight is 427 g/mol. The minimum atomic E-state index is -0.0806. The summed E-state index contributed by atoms with van der Waals surface area (Å²) in [5.41, 5.74) is 2.14. The van der Waals surface area contributed by atoms with Crippen molar-refractivity contribution in [2.45, 2.75) is 33.7 Å². The summed E-state index contributed by atoms with van der Waals surface area (Å²) in [4.78, 5) is 28.5. The summed E-state index contributed by atoms with van der Waals surface area (Å²) in [6.07, 6.45) is 0.951. The quantitative estimate of drug-likeness (QED) is 0.562. The van der Waals surface area contributed by atoms with Gasteiger partial charge in [-0.2, -0.15) is 0 Å². The van der Waals surface area contributed by atoms with Crippen molar-refractivity contribution in [3.05, 3.63) is 59.2 Å². The lowest BCUT2D eigenvalue weighted by atomic mass is 10.1. The molecule has 0 saturated carbocycles. The molecule has 0 radical (unpaired) electrons. The molecular weight excluding hydrogens is 392 g/mol. The van der Waals surface area contributed by atoms with Crippen LogP contribution in [-0.2, 0) is 6.54 Å². The normalized spacial score (nSPS) is 10.7. The first kappa shape index (κ1) is 24.3. The molecule has 0 heterocycles. The monoisotopic (exact) mass is 426 g/mol. The lowest BCUT2D eigenvalue weighted by Crippen LogP contribution is -2.30. The second kappa shape index (κ2) is 11.4. The molecule has 0 spiro atoms. The summed E-state index contributed by atoms with van der Waals surface area (Å²) in [6.45, 7) is 7.87. The molecule has 2 rings (SSSR count). The summed E-state index contributed by atoms with van der Waals surface area (Å²) < 4.78 is 11.3. The fourth-order valence-electron chi connectivity index (χ4n) is 3.07. The van der Waals surface area contributed by atoms with Crippen LogP contribution < -0.4 is 9.47 Å². The molecule has 0 saturated heterocycles. The van der Waals surface area contributed by atoms with E-state index >= 15 is 0 Å². The van der Waals surface area contributed by atoms with Gasteiger partial charge in [0.05, 0.1) is 13.7 Å². The highest BCUT2D eigenvalue weighted by atomic mass is 16.5. The summed E-state index contributed by atoms with van der Waals surface area (Å²) in [7, 11) is 5.03. The zero-order valence-corrected chi connectivity index (χ0v) is 19.5. The van der Waals surface area contributed by atoms with Gasteiger partial charge in [-0.05, 0) is 55.2 Å². The van der Waals surface area contributed by atoms with Gasteiger partial charge >= 0.3 is 0 Å². The SMILES string of the molecule is CCN(Cc1ccc(C(=O)N(C)C)cc1)C(=O)c1ccc(OCCC(C)C)c(OC)c1. The standard InChI is InChI=1S/C25H34N2O4/c1-7-27(17-19-8-10-20(11-9-19)24(28)26(4)5)25(29)21-12-13-22(23(16-21)30-6)31-15-14-18(2)3/h8-13,16,18H,7,14-15,17H2,1-6H3. The first-order valence-corrected chi connectivity index (χ1v) is 10.7. The van der Waals surface area contributed by atoms with Crippen LogP contribution in [0.15, 0.2) is 42.5 Å². The van der Waals surface area contributed by atoms with Gasteiger partial charge in [0, 0.05) is 38.3 Å². The van der Waals surface area contributed by atoms with E-state index in [1.54, 1.807) is 61.3 Å². The molecule has 0 N–H and O–H groups in total. The third-order valence-corrected chi connectivity index (χ3v) is 5.01. The summed E-state index contributed by atoms with van der Waals surface area (Å²) in [6, 6.07) is 12.7. The van der Waals surface area contributed by atoms with Crippen LogP contribution in [0.25, 0.3) is 0 Å². The maximum Gasteiger partial charge on any atom is 0.254 e. The van der Waals surface area contributed by atoms with Gasteiger partial charge in [0.2, 0.25) is 0 Å². The molecule has 31 heavy (non-hydrogen) atoms. The Morgan fingerprint density at radius 2 is 1.58 bits per heavy atom. The van der Waals surface area contributed by atoms with Crippen molar-refractivity contribution in [2.24, 2.45) is 5.92 Å². The first-order chi connectivity index (χ1) is 14.8. The van der Waals surface area contributed by atoms with Crippen molar-refractivity contribution in [1.82, 2.24) is 9.80 Å². The van der Waals surface area contributed by atoms with Gasteiger partial charge in [-0.1, -0.05) is 26.0 Å². The van der Waals surface area contributed by atoms with Gasteiger partial charge in [0.25, 0.3) is 11.8 Å². The maximum atomic E-state index is 13.1. The van der Waals surface area contributed by atoms with Crippen molar-refractivity contribution >= 4 is 11.8 Å². The Labute approximate surface area is 185 Å². The van der Waals surface area contributed by atoms with Crippen molar-refractivity contribution in [2.75, 3.05) is 34.4 Å². The molecule has 6 nitrogen and oxygen atoms in total. The Balaban J connectivity index is 2.11. The van der Waals surface area contributed by atoms with E-state index in [0.29, 0.717) is 48.2 Å². The van der Waals surface area contributed by atoms with Crippen LogP contribution in [0.1, 0.15) is 53.5 Å². The van der Waals surface area contributed by atoms with Gasteiger partial charge in [-0.3, -0.25) is 9.59 Å². The largest absolute Gasteiger partial charge is 0.493 e. The molecular formula is C25H34N2O4. The molecule has 0 aliphatic rings. The number of carbonyl (C=O) groups excluding carboxylic acids is 2. The number of hydrogen-bond donors (Lipinski definition) is 0. The van der Waals surface area contributed by atoms with E-state index in [1.165, 1.54) is 0 Å². The zero-order valence-electron chi connectivity index (χ0n) is 19.5. The molecule has 0 aliphatic heterocycles. The fourth-order valence-corrected chi connectivity index (χ4v) is 3.07. The Hall–Kier alpha value is -3.02. The molecule has 0 atom stereocenters. The predicted octanol–water partition coefficient (Wildman–Crippen LogP) is 4.48. The van der Waals surface area contributed by atoms with Crippen LogP contribution in [0.5, 0.6) is 11.5 Å². The maximum absolute atomic E-state index is 13.1. The van der Waals surface area contributed by atoms with Crippen LogP contribution in [-0.4, -0.2) is 56.0 Å². The summed E-state index contributed by atoms with van der Waals surface area (Å²) in [5, 5.41) is 0. The van der Waals surface area contributed by atoms with E-state index < -0.39 is 0 Å². The minimum Gasteiger partial charge on any atom is -0.493 e. The van der Waals surface area contributed by atoms with E-state index in [-0.39, 0.29) is 11.8 Å². The smallest absolute Gasteiger partial charge is 0.254 e. The van der Waals surface area contributed by atoms with E-state index in [0.717, 1.165) is 12.0 Å². The highest BCUT2D eigenvalue weighted by molar-refractivity contribution is 5.95. The minimum absolute atomic E-state index is 0.0437. The molecule has 0 bridgehead atoms. The molecule has 0 fully saturated rings. The zero-order chi connectivity index (χ0) is 23.0. The van der Waals surface area contributed by atoms with Crippen LogP contribution >= 0.6 is 0 Å². The number of methoxy groups -OCH3 is 1. The lowest BCUT2D eigenvalue weighted by molar-refractivity contribution is 0.0751. The number of benzene rings is 2. The van der Waals surface area contributed by atoms with Gasteiger partial charge in [-0.15, -0.1) is 0 Å². The summed E-state index contributed by atoms with van der Waals surface area (Å²) >= 11 is 0. The molecule has 2 aromatic rings. The van der Waals surface area contributed by atoms with Crippen molar-refractivity contribution in [1.29, 1.82) is 0 Å².